The molecule has 1 radical (unpaired) electrons. The first-order valence-corrected chi connectivity index (χ1v) is 11.7. The van der Waals surface area contributed by atoms with Crippen LogP contribution in [-0.2, 0) is 37.5 Å². The number of nitrogens with one attached hydrogen (secondary N) is 1. The fourth-order valence-electron chi connectivity index (χ4n) is 5.03. The SMILES string of the molecule is C=CC.C=Cc1ccc(C2=CCC(C)C(C(=O)NC)=CN2C2CCC3CCC32)cc1.CO.[HH].[Y]. The number of amides is 1. The van der Waals surface area contributed by atoms with Crippen molar-refractivity contribution in [2.24, 2.45) is 17.8 Å². The van der Waals surface area contributed by atoms with Gasteiger partial charge in [-0.1, -0.05) is 56.0 Å². The van der Waals surface area contributed by atoms with Gasteiger partial charge in [0.15, 0.2) is 0 Å². The second kappa shape index (κ2) is 14.7. The molecular formula is C28H42N2O2Y. The van der Waals surface area contributed by atoms with Gasteiger partial charge in [-0.25, -0.2) is 0 Å². The molecule has 4 nitrogen and oxygen atoms in total. The first kappa shape index (κ1) is 29.5. The molecule has 3 aliphatic rings. The van der Waals surface area contributed by atoms with Gasteiger partial charge in [-0.15, -0.1) is 6.58 Å². The van der Waals surface area contributed by atoms with E-state index in [2.05, 4.69) is 66.8 Å². The molecule has 5 heteroatoms. The van der Waals surface area contributed by atoms with Crippen molar-refractivity contribution < 1.29 is 44.0 Å². The zero-order valence-corrected chi connectivity index (χ0v) is 23.6. The maximum Gasteiger partial charge on any atom is 0.248 e. The summed E-state index contributed by atoms with van der Waals surface area (Å²) in [6, 6.07) is 9.14. The molecule has 4 rings (SSSR count). The molecule has 0 spiro atoms. The van der Waals surface area contributed by atoms with Crippen LogP contribution in [0.3, 0.4) is 0 Å². The van der Waals surface area contributed by atoms with Gasteiger partial charge in [-0.05, 0) is 67.9 Å². The van der Waals surface area contributed by atoms with Crippen molar-refractivity contribution in [1.82, 2.24) is 10.2 Å². The number of hydrogen-bond donors (Lipinski definition) is 2. The first-order valence-electron chi connectivity index (χ1n) is 11.7. The molecule has 0 bridgehead atoms. The van der Waals surface area contributed by atoms with E-state index in [0.29, 0.717) is 6.04 Å². The second-order valence-electron chi connectivity index (χ2n) is 8.68. The number of aliphatic hydroxyl groups is 1. The second-order valence-corrected chi connectivity index (χ2v) is 8.68. The molecule has 2 aliphatic carbocycles. The fraction of sp³-hybridized carbons (Fsp3) is 0.464. The van der Waals surface area contributed by atoms with Crippen LogP contribution in [0.5, 0.6) is 0 Å². The van der Waals surface area contributed by atoms with Crippen LogP contribution >= 0.6 is 0 Å². The molecule has 33 heavy (non-hydrogen) atoms. The molecule has 1 aromatic carbocycles. The minimum Gasteiger partial charge on any atom is -0.400 e. The van der Waals surface area contributed by atoms with Gasteiger partial charge in [0, 0.05) is 71.8 Å². The van der Waals surface area contributed by atoms with Crippen molar-refractivity contribution in [3.63, 3.8) is 0 Å². The normalized spacial score (nSPS) is 24.9. The predicted octanol–water partition coefficient (Wildman–Crippen LogP) is 5.88. The maximum atomic E-state index is 12.5. The van der Waals surface area contributed by atoms with Gasteiger partial charge in [-0.2, -0.15) is 0 Å². The molecule has 0 saturated heterocycles. The molecular weight excluding hydrogens is 485 g/mol. The number of benzene rings is 1. The third kappa shape index (κ3) is 7.00. The molecule has 2 N–H and O–H groups in total. The van der Waals surface area contributed by atoms with Crippen molar-refractivity contribution in [3.8, 4) is 0 Å². The van der Waals surface area contributed by atoms with Crippen molar-refractivity contribution in [2.75, 3.05) is 14.2 Å². The minimum atomic E-state index is 0. The third-order valence-corrected chi connectivity index (χ3v) is 6.84. The quantitative estimate of drug-likeness (QED) is 0.482. The summed E-state index contributed by atoms with van der Waals surface area (Å²) in [7, 11) is 2.73. The Kier molecular flexibility index (Phi) is 13.2. The Bertz CT molecular complexity index is 850. The van der Waals surface area contributed by atoms with E-state index in [0.717, 1.165) is 36.5 Å². The fourth-order valence-corrected chi connectivity index (χ4v) is 5.03. The van der Waals surface area contributed by atoms with E-state index in [1.165, 1.54) is 36.9 Å². The zero-order chi connectivity index (χ0) is 23.7. The van der Waals surface area contributed by atoms with Gasteiger partial charge in [0.2, 0.25) is 5.91 Å². The van der Waals surface area contributed by atoms with Crippen LogP contribution in [0.4, 0.5) is 0 Å². The summed E-state index contributed by atoms with van der Waals surface area (Å²) in [5.41, 5.74) is 4.52. The Morgan fingerprint density at radius 1 is 1.15 bits per heavy atom. The van der Waals surface area contributed by atoms with E-state index in [4.69, 9.17) is 5.11 Å². The molecule has 179 valence electrons. The average molecular weight is 528 g/mol. The summed E-state index contributed by atoms with van der Waals surface area (Å²) >= 11 is 0. The van der Waals surface area contributed by atoms with E-state index < -0.39 is 0 Å². The average Bonchev–Trinajstić information content (AvgIpc) is 2.98. The molecule has 4 atom stereocenters. The summed E-state index contributed by atoms with van der Waals surface area (Å²) in [6.07, 6.45) is 14.3. The number of carbonyl (C=O) groups excluding carboxylic acids is 1. The zero-order valence-electron chi connectivity index (χ0n) is 20.8. The number of fused-ring (bicyclic) bond motifs is 1. The number of carbonyl (C=O) groups is 1. The largest absolute Gasteiger partial charge is 0.400 e. The summed E-state index contributed by atoms with van der Waals surface area (Å²) in [5, 5.41) is 9.84. The number of hydrogen-bond acceptors (Lipinski definition) is 3. The predicted molar refractivity (Wildman–Crippen MR) is 138 cm³/mol. The number of rotatable bonds is 4. The van der Waals surface area contributed by atoms with Crippen molar-refractivity contribution >= 4 is 17.7 Å². The van der Waals surface area contributed by atoms with Crippen molar-refractivity contribution in [2.45, 2.75) is 52.0 Å². The van der Waals surface area contributed by atoms with Crippen LogP contribution in [0.1, 0.15) is 58.5 Å². The van der Waals surface area contributed by atoms with Crippen molar-refractivity contribution in [3.05, 3.63) is 72.5 Å². The van der Waals surface area contributed by atoms with Gasteiger partial charge in [-0.3, -0.25) is 4.79 Å². The van der Waals surface area contributed by atoms with E-state index in [1.54, 1.807) is 13.1 Å². The Balaban J connectivity index is 0.00000145. The van der Waals surface area contributed by atoms with Crippen LogP contribution in [-0.4, -0.2) is 36.1 Å². The molecule has 1 aromatic rings. The molecule has 2 fully saturated rings. The molecule has 1 amide bonds. The molecule has 1 heterocycles. The van der Waals surface area contributed by atoms with Gasteiger partial charge >= 0.3 is 0 Å². The van der Waals surface area contributed by atoms with Crippen LogP contribution in [0.25, 0.3) is 11.8 Å². The Morgan fingerprint density at radius 3 is 2.24 bits per heavy atom. The number of allylic oxidation sites excluding steroid dienone is 2. The number of nitrogens with zero attached hydrogens (tertiary/aromatic N) is 1. The standard InChI is InChI=1S/C24H30N2O.C3H6.CH4O.Y.H2/c1-4-17-6-8-19(9-7-17)22-13-5-16(2)21(24(27)25-3)15-26(22)23-14-11-18-10-12-20(18)23;1-3-2;1-2;;/h4,6-9,13,15-16,18,20,23H,1,5,10-12,14H2,2-3H3,(H,25,27);3H,1H2,2H3;2H,1H3;;1H. The minimum absolute atomic E-state index is 0. The van der Waals surface area contributed by atoms with Crippen LogP contribution < -0.4 is 5.32 Å². The number of aliphatic hydroxyl groups excluding tert-OH is 1. The first-order chi connectivity index (χ1) is 15.5. The van der Waals surface area contributed by atoms with Gasteiger partial charge in [0.05, 0.1) is 0 Å². The van der Waals surface area contributed by atoms with E-state index in [9.17, 15) is 4.79 Å². The molecule has 1 aliphatic heterocycles. The summed E-state index contributed by atoms with van der Waals surface area (Å²) in [4.78, 5) is 15.0. The molecule has 0 aromatic heterocycles. The maximum absolute atomic E-state index is 12.5. The number of likely N-dealkylation sites (N-methyl/N-ethyl adjacent to an activating group) is 1. The third-order valence-electron chi connectivity index (χ3n) is 6.84. The van der Waals surface area contributed by atoms with E-state index in [1.807, 2.05) is 13.0 Å². The van der Waals surface area contributed by atoms with Crippen molar-refractivity contribution in [1.29, 1.82) is 0 Å². The van der Waals surface area contributed by atoms with Gasteiger partial charge in [0.25, 0.3) is 0 Å². The molecule has 2 saturated carbocycles. The van der Waals surface area contributed by atoms with E-state index >= 15 is 0 Å². The Labute approximate surface area is 227 Å². The Morgan fingerprint density at radius 2 is 1.76 bits per heavy atom. The van der Waals surface area contributed by atoms with Gasteiger partial charge < -0.3 is 15.3 Å². The smallest absolute Gasteiger partial charge is 0.248 e. The summed E-state index contributed by atoms with van der Waals surface area (Å²) < 4.78 is 0. The van der Waals surface area contributed by atoms with Crippen LogP contribution in [0, 0.1) is 17.8 Å². The van der Waals surface area contributed by atoms with Gasteiger partial charge in [0.1, 0.15) is 0 Å². The van der Waals surface area contributed by atoms with Crippen LogP contribution in [0.2, 0.25) is 0 Å². The summed E-state index contributed by atoms with van der Waals surface area (Å²) in [5.74, 6) is 1.93. The Hall–Kier alpha value is -1.49. The van der Waals surface area contributed by atoms with E-state index in [-0.39, 0.29) is 46.0 Å². The monoisotopic (exact) mass is 527 g/mol. The topological polar surface area (TPSA) is 52.6 Å². The molecule has 4 unspecified atom stereocenters. The van der Waals surface area contributed by atoms with Crippen LogP contribution in [0.15, 0.2) is 61.3 Å². The summed E-state index contributed by atoms with van der Waals surface area (Å²) in [6.45, 7) is 11.3.